The first-order valence-corrected chi connectivity index (χ1v) is 16.7. The molecule has 0 saturated heterocycles. The van der Waals surface area contributed by atoms with Crippen molar-refractivity contribution in [3.63, 3.8) is 0 Å². The highest BCUT2D eigenvalue weighted by atomic mass is 32.2. The Morgan fingerprint density at radius 3 is 2.29 bits per heavy atom. The Kier molecular flexibility index (Phi) is 14.1. The summed E-state index contributed by atoms with van der Waals surface area (Å²) in [5, 5.41) is 5.22. The van der Waals surface area contributed by atoms with Gasteiger partial charge in [0.1, 0.15) is 6.54 Å². The van der Waals surface area contributed by atoms with E-state index in [2.05, 4.69) is 22.5 Å². The summed E-state index contributed by atoms with van der Waals surface area (Å²) in [6, 6.07) is 6.50. The summed E-state index contributed by atoms with van der Waals surface area (Å²) >= 11 is 0. The smallest absolute Gasteiger partial charge is 0.414 e. The Labute approximate surface area is 263 Å². The second-order valence-electron chi connectivity index (χ2n) is 10.7. The van der Waals surface area contributed by atoms with Crippen molar-refractivity contribution in [2.24, 2.45) is 0 Å². The maximum atomic E-state index is 12.8. The fourth-order valence-electron chi connectivity index (χ4n) is 4.71. The van der Waals surface area contributed by atoms with Crippen LogP contribution in [0.25, 0.3) is 0 Å². The maximum absolute atomic E-state index is 12.8. The summed E-state index contributed by atoms with van der Waals surface area (Å²) in [4.78, 5) is 53.0. The van der Waals surface area contributed by atoms with Crippen molar-refractivity contribution in [2.45, 2.75) is 88.5 Å². The van der Waals surface area contributed by atoms with Crippen molar-refractivity contribution in [1.29, 1.82) is 0 Å². The summed E-state index contributed by atoms with van der Waals surface area (Å²) in [5.74, 6) is -2.35. The fourth-order valence-corrected chi connectivity index (χ4v) is 5.68. The summed E-state index contributed by atoms with van der Waals surface area (Å²) in [5.41, 5.74) is 0.120. The molecule has 14 heteroatoms. The van der Waals surface area contributed by atoms with Crippen LogP contribution < -0.4 is 24.8 Å². The van der Waals surface area contributed by atoms with Gasteiger partial charge in [0.2, 0.25) is 0 Å². The van der Waals surface area contributed by atoms with Crippen LogP contribution in [0.15, 0.2) is 41.4 Å². The van der Waals surface area contributed by atoms with Gasteiger partial charge in [0, 0.05) is 23.9 Å². The molecule has 0 spiro atoms. The molecule has 246 valence electrons. The number of carbonyl (C=O) groups is 4. The Bertz CT molecular complexity index is 1410. The number of ether oxygens (including phenoxy) is 3. The molecule has 1 saturated carbocycles. The van der Waals surface area contributed by atoms with Gasteiger partial charge in [-0.3, -0.25) is 14.4 Å². The molecule has 0 atom stereocenters. The van der Waals surface area contributed by atoms with Gasteiger partial charge in [-0.15, -0.1) is 0 Å². The number of rotatable bonds is 16. The standard InChI is InChI=1S/C31H42N4O9S/c1-3-4-5-6-7-11-18-43-27(36)21-33-31(39)44-30-26(42-2)19-23(20-32-30)29(38)35-45(40,41)25-16-14-22(15-17-25)28(37)34-24-12-9-8-10-13-24/h14-17,19-20,24H,3-13,18,21H2,1-2H3,(H,33,39)(H,34,37)(H,35,38). The fraction of sp³-hybridized carbons (Fsp3) is 0.516. The van der Waals surface area contributed by atoms with E-state index < -0.39 is 34.5 Å². The Hall–Kier alpha value is -4.20. The molecular formula is C31H42N4O9S. The van der Waals surface area contributed by atoms with E-state index in [0.29, 0.717) is 5.56 Å². The second kappa shape index (κ2) is 17.9. The van der Waals surface area contributed by atoms with Crippen LogP contribution in [0.2, 0.25) is 0 Å². The first kappa shape index (κ1) is 35.3. The molecule has 2 aromatic rings. The molecule has 13 nitrogen and oxygen atoms in total. The lowest BCUT2D eigenvalue weighted by Crippen LogP contribution is -2.36. The molecule has 0 bridgehead atoms. The lowest BCUT2D eigenvalue weighted by atomic mass is 9.95. The summed E-state index contributed by atoms with van der Waals surface area (Å²) in [6.07, 6.45) is 11.4. The lowest BCUT2D eigenvalue weighted by Gasteiger charge is -2.22. The Balaban J connectivity index is 1.49. The number of sulfonamides is 1. The van der Waals surface area contributed by atoms with Crippen molar-refractivity contribution >= 4 is 33.9 Å². The number of benzene rings is 1. The lowest BCUT2D eigenvalue weighted by molar-refractivity contribution is -0.142. The minimum absolute atomic E-state index is 0.106. The third-order valence-corrected chi connectivity index (χ3v) is 8.57. The highest BCUT2D eigenvalue weighted by molar-refractivity contribution is 7.90. The van der Waals surface area contributed by atoms with Gasteiger partial charge in [-0.2, -0.15) is 0 Å². The summed E-state index contributed by atoms with van der Waals surface area (Å²) < 4.78 is 42.9. The summed E-state index contributed by atoms with van der Waals surface area (Å²) in [6.45, 7) is 1.99. The molecule has 3 amide bonds. The SMILES string of the molecule is CCCCCCCCOC(=O)CNC(=O)Oc1ncc(C(=O)NS(=O)(=O)c2ccc(C(=O)NC3CCCCC3)cc2)cc1OC. The highest BCUT2D eigenvalue weighted by Gasteiger charge is 2.23. The molecule has 1 heterocycles. The minimum Gasteiger partial charge on any atom is -0.491 e. The molecule has 1 aliphatic carbocycles. The van der Waals surface area contributed by atoms with Crippen LogP contribution in [0.1, 0.15) is 98.3 Å². The Morgan fingerprint density at radius 1 is 0.911 bits per heavy atom. The number of amides is 3. The largest absolute Gasteiger partial charge is 0.491 e. The quantitative estimate of drug-likeness (QED) is 0.176. The predicted molar refractivity (Wildman–Crippen MR) is 165 cm³/mol. The normalized spacial score (nSPS) is 13.4. The van der Waals surface area contributed by atoms with Crippen molar-refractivity contribution in [1.82, 2.24) is 20.3 Å². The number of nitrogens with zero attached hydrogens (tertiary/aromatic N) is 1. The van der Waals surface area contributed by atoms with Gasteiger partial charge < -0.3 is 24.8 Å². The third-order valence-electron chi connectivity index (χ3n) is 7.22. The van der Waals surface area contributed by atoms with E-state index in [4.69, 9.17) is 14.2 Å². The van der Waals surface area contributed by atoms with E-state index in [1.54, 1.807) is 0 Å². The molecule has 45 heavy (non-hydrogen) atoms. The Morgan fingerprint density at radius 2 is 1.60 bits per heavy atom. The highest BCUT2D eigenvalue weighted by Crippen LogP contribution is 2.25. The predicted octanol–water partition coefficient (Wildman–Crippen LogP) is 4.26. The minimum atomic E-state index is -4.29. The number of esters is 1. The van der Waals surface area contributed by atoms with Gasteiger partial charge in [-0.05, 0) is 43.5 Å². The van der Waals surface area contributed by atoms with Crippen LogP contribution in [0, 0.1) is 0 Å². The van der Waals surface area contributed by atoms with Crippen LogP contribution in [-0.4, -0.2) is 63.6 Å². The van der Waals surface area contributed by atoms with Gasteiger partial charge in [-0.1, -0.05) is 58.3 Å². The molecule has 1 fully saturated rings. The monoisotopic (exact) mass is 646 g/mol. The van der Waals surface area contributed by atoms with E-state index in [-0.39, 0.29) is 40.6 Å². The number of hydrogen-bond acceptors (Lipinski definition) is 10. The van der Waals surface area contributed by atoms with Gasteiger partial charge in [-0.25, -0.2) is 22.9 Å². The first-order valence-electron chi connectivity index (χ1n) is 15.3. The average Bonchev–Trinajstić information content (AvgIpc) is 3.03. The van der Waals surface area contributed by atoms with E-state index in [1.165, 1.54) is 37.8 Å². The molecule has 3 rings (SSSR count). The molecule has 0 aliphatic heterocycles. The zero-order chi connectivity index (χ0) is 32.7. The second-order valence-corrected chi connectivity index (χ2v) is 12.4. The van der Waals surface area contributed by atoms with E-state index in [9.17, 15) is 27.6 Å². The molecule has 1 aromatic heterocycles. The van der Waals surface area contributed by atoms with Crippen LogP contribution in [0.4, 0.5) is 4.79 Å². The number of aromatic nitrogens is 1. The summed E-state index contributed by atoms with van der Waals surface area (Å²) in [7, 11) is -3.05. The van der Waals surface area contributed by atoms with Crippen molar-refractivity contribution in [3.05, 3.63) is 47.7 Å². The molecule has 0 unspecified atom stereocenters. The van der Waals surface area contributed by atoms with Crippen LogP contribution in [-0.2, 0) is 19.6 Å². The topological polar surface area (TPSA) is 179 Å². The van der Waals surface area contributed by atoms with Gasteiger partial charge in [0.25, 0.3) is 27.7 Å². The molecule has 1 aromatic carbocycles. The van der Waals surface area contributed by atoms with Gasteiger partial charge in [0.05, 0.1) is 24.2 Å². The number of methoxy groups -OCH3 is 1. The van der Waals surface area contributed by atoms with E-state index in [1.807, 2.05) is 4.72 Å². The van der Waals surface area contributed by atoms with Gasteiger partial charge in [0.15, 0.2) is 5.75 Å². The van der Waals surface area contributed by atoms with Crippen molar-refractivity contribution < 1.29 is 41.8 Å². The van der Waals surface area contributed by atoms with E-state index in [0.717, 1.165) is 76.5 Å². The zero-order valence-electron chi connectivity index (χ0n) is 25.8. The number of unbranched alkanes of at least 4 members (excludes halogenated alkanes) is 5. The third kappa shape index (κ3) is 11.7. The van der Waals surface area contributed by atoms with E-state index >= 15 is 0 Å². The number of carbonyl (C=O) groups excluding carboxylic acids is 4. The van der Waals surface area contributed by atoms with Crippen molar-refractivity contribution in [2.75, 3.05) is 20.3 Å². The number of pyridine rings is 1. The molecular weight excluding hydrogens is 604 g/mol. The van der Waals surface area contributed by atoms with Crippen molar-refractivity contribution in [3.8, 4) is 11.6 Å². The first-order chi connectivity index (χ1) is 21.6. The van der Waals surface area contributed by atoms with Crippen LogP contribution >= 0.6 is 0 Å². The molecule has 1 aliphatic rings. The zero-order valence-corrected chi connectivity index (χ0v) is 26.6. The van der Waals surface area contributed by atoms with Crippen LogP contribution in [0.5, 0.6) is 11.6 Å². The van der Waals surface area contributed by atoms with Crippen LogP contribution in [0.3, 0.4) is 0 Å². The molecule has 3 N–H and O–H groups in total. The number of hydrogen-bond donors (Lipinski definition) is 3. The van der Waals surface area contributed by atoms with Gasteiger partial charge >= 0.3 is 12.1 Å². The maximum Gasteiger partial charge on any atom is 0.414 e. The molecule has 0 radical (unpaired) electrons. The number of nitrogens with one attached hydrogen (secondary N) is 3. The average molecular weight is 647 g/mol.